The van der Waals surface area contributed by atoms with Crippen LogP contribution in [0.5, 0.6) is 5.75 Å². The highest BCUT2D eigenvalue weighted by Gasteiger charge is 2.26. The Morgan fingerprint density at radius 3 is 3.14 bits per heavy atom. The SMILES string of the molecule is COc1cccc2c1C(CON)CS2. The van der Waals surface area contributed by atoms with E-state index in [1.165, 1.54) is 10.5 Å². The third-order valence-electron chi connectivity index (χ3n) is 2.39. The summed E-state index contributed by atoms with van der Waals surface area (Å²) in [5, 5.41) is 0. The number of rotatable bonds is 3. The van der Waals surface area contributed by atoms with Crippen LogP contribution in [0, 0.1) is 0 Å². The Bertz CT molecular complexity index is 328. The van der Waals surface area contributed by atoms with Crippen molar-refractivity contribution in [2.75, 3.05) is 19.5 Å². The molecule has 14 heavy (non-hydrogen) atoms. The Labute approximate surface area is 87.5 Å². The van der Waals surface area contributed by atoms with Crippen LogP contribution in [0.4, 0.5) is 0 Å². The molecule has 76 valence electrons. The molecule has 1 heterocycles. The molecule has 0 aliphatic carbocycles. The number of methoxy groups -OCH3 is 1. The minimum absolute atomic E-state index is 0.358. The van der Waals surface area contributed by atoms with Gasteiger partial charge in [0, 0.05) is 22.1 Å². The van der Waals surface area contributed by atoms with Crippen molar-refractivity contribution in [3.8, 4) is 5.75 Å². The topological polar surface area (TPSA) is 44.5 Å². The molecule has 0 aromatic heterocycles. The minimum Gasteiger partial charge on any atom is -0.496 e. The first-order valence-corrected chi connectivity index (χ1v) is 5.46. The largest absolute Gasteiger partial charge is 0.496 e. The summed E-state index contributed by atoms with van der Waals surface area (Å²) in [7, 11) is 1.69. The third-order valence-corrected chi connectivity index (χ3v) is 3.63. The van der Waals surface area contributed by atoms with Crippen molar-refractivity contribution >= 4 is 11.8 Å². The number of benzene rings is 1. The molecule has 0 spiro atoms. The van der Waals surface area contributed by atoms with Crippen molar-refractivity contribution < 1.29 is 9.57 Å². The predicted octanol–water partition coefficient (Wildman–Crippen LogP) is 1.77. The van der Waals surface area contributed by atoms with Crippen molar-refractivity contribution in [1.82, 2.24) is 0 Å². The molecule has 0 bridgehead atoms. The van der Waals surface area contributed by atoms with E-state index in [9.17, 15) is 0 Å². The summed E-state index contributed by atoms with van der Waals surface area (Å²) in [5.74, 6) is 7.42. The third kappa shape index (κ3) is 1.61. The van der Waals surface area contributed by atoms with Crippen molar-refractivity contribution in [3.05, 3.63) is 23.8 Å². The molecule has 0 saturated carbocycles. The van der Waals surface area contributed by atoms with E-state index in [0.29, 0.717) is 12.5 Å². The van der Waals surface area contributed by atoms with E-state index in [0.717, 1.165) is 11.5 Å². The summed E-state index contributed by atoms with van der Waals surface area (Å²) in [5.41, 5.74) is 1.24. The Morgan fingerprint density at radius 1 is 1.57 bits per heavy atom. The number of hydrogen-bond acceptors (Lipinski definition) is 4. The molecule has 0 amide bonds. The zero-order chi connectivity index (χ0) is 9.97. The van der Waals surface area contributed by atoms with E-state index in [1.807, 2.05) is 23.9 Å². The van der Waals surface area contributed by atoms with Gasteiger partial charge in [-0.3, -0.25) is 0 Å². The van der Waals surface area contributed by atoms with E-state index in [1.54, 1.807) is 7.11 Å². The van der Waals surface area contributed by atoms with Gasteiger partial charge in [0.1, 0.15) is 5.75 Å². The molecule has 1 aliphatic rings. The Morgan fingerprint density at radius 2 is 2.43 bits per heavy atom. The first-order chi connectivity index (χ1) is 6.86. The molecular weight excluding hydrogens is 198 g/mol. The van der Waals surface area contributed by atoms with Gasteiger partial charge < -0.3 is 9.57 Å². The highest BCUT2D eigenvalue weighted by Crippen LogP contribution is 2.44. The normalized spacial score (nSPS) is 19.4. The summed E-state index contributed by atoms with van der Waals surface area (Å²) in [6, 6.07) is 6.10. The second kappa shape index (κ2) is 4.21. The van der Waals surface area contributed by atoms with Crippen molar-refractivity contribution in [2.45, 2.75) is 10.8 Å². The molecule has 1 atom stereocenters. The van der Waals surface area contributed by atoms with Crippen LogP contribution in [0.3, 0.4) is 0 Å². The van der Waals surface area contributed by atoms with Gasteiger partial charge in [0.2, 0.25) is 0 Å². The highest BCUT2D eigenvalue weighted by atomic mass is 32.2. The van der Waals surface area contributed by atoms with Gasteiger partial charge in [0.05, 0.1) is 13.7 Å². The quantitative estimate of drug-likeness (QED) is 0.774. The molecule has 1 aromatic carbocycles. The standard InChI is InChI=1S/C10H13NO2S/c1-12-8-3-2-4-9-10(8)7(5-13-11)6-14-9/h2-4,7H,5-6,11H2,1H3. The maximum absolute atomic E-state index is 5.32. The number of fused-ring (bicyclic) bond motifs is 1. The molecule has 3 nitrogen and oxygen atoms in total. The average molecular weight is 211 g/mol. The van der Waals surface area contributed by atoms with Gasteiger partial charge in [-0.05, 0) is 12.1 Å². The van der Waals surface area contributed by atoms with Crippen molar-refractivity contribution in [3.63, 3.8) is 0 Å². The number of hydrogen-bond donors (Lipinski definition) is 1. The fourth-order valence-electron chi connectivity index (χ4n) is 1.75. The monoisotopic (exact) mass is 211 g/mol. The van der Waals surface area contributed by atoms with Crippen molar-refractivity contribution in [1.29, 1.82) is 0 Å². The van der Waals surface area contributed by atoms with Gasteiger partial charge in [-0.1, -0.05) is 6.07 Å². The molecular formula is C10H13NO2S. The number of nitrogens with two attached hydrogens (primary N) is 1. The lowest BCUT2D eigenvalue weighted by Gasteiger charge is -2.12. The van der Waals surface area contributed by atoms with E-state index in [4.69, 9.17) is 15.5 Å². The van der Waals surface area contributed by atoms with Gasteiger partial charge in [-0.15, -0.1) is 11.8 Å². The molecule has 0 radical (unpaired) electrons. The fourth-order valence-corrected chi connectivity index (χ4v) is 2.99. The number of ether oxygens (including phenoxy) is 1. The van der Waals surface area contributed by atoms with E-state index in [-0.39, 0.29) is 0 Å². The molecule has 1 aliphatic heterocycles. The van der Waals surface area contributed by atoms with Gasteiger partial charge >= 0.3 is 0 Å². The molecule has 1 unspecified atom stereocenters. The zero-order valence-corrected chi connectivity index (χ0v) is 8.84. The van der Waals surface area contributed by atoms with Crippen LogP contribution in [0.25, 0.3) is 0 Å². The Hall–Kier alpha value is -0.710. The van der Waals surface area contributed by atoms with Crippen LogP contribution in [-0.4, -0.2) is 19.5 Å². The summed E-state index contributed by atoms with van der Waals surface area (Å²) in [4.78, 5) is 6.00. The highest BCUT2D eigenvalue weighted by molar-refractivity contribution is 7.99. The van der Waals surface area contributed by atoms with Crippen LogP contribution < -0.4 is 10.6 Å². The van der Waals surface area contributed by atoms with E-state index >= 15 is 0 Å². The average Bonchev–Trinajstić information content (AvgIpc) is 2.62. The summed E-state index contributed by atoms with van der Waals surface area (Å²) >= 11 is 1.83. The molecule has 2 rings (SSSR count). The van der Waals surface area contributed by atoms with Crippen LogP contribution in [0.2, 0.25) is 0 Å². The lowest BCUT2D eigenvalue weighted by atomic mass is 10.0. The van der Waals surface area contributed by atoms with Gasteiger partial charge in [0.15, 0.2) is 0 Å². The molecule has 4 heteroatoms. The zero-order valence-electron chi connectivity index (χ0n) is 8.03. The van der Waals surface area contributed by atoms with E-state index in [2.05, 4.69) is 6.07 Å². The van der Waals surface area contributed by atoms with Gasteiger partial charge in [-0.2, -0.15) is 0 Å². The fraction of sp³-hybridized carbons (Fsp3) is 0.400. The maximum Gasteiger partial charge on any atom is 0.123 e. The lowest BCUT2D eigenvalue weighted by molar-refractivity contribution is 0.127. The molecule has 2 N–H and O–H groups in total. The Balaban J connectivity index is 2.35. The smallest absolute Gasteiger partial charge is 0.123 e. The number of thioether (sulfide) groups is 1. The second-order valence-electron chi connectivity index (χ2n) is 3.21. The van der Waals surface area contributed by atoms with Gasteiger partial charge in [-0.25, -0.2) is 5.90 Å². The summed E-state index contributed by atoms with van der Waals surface area (Å²) in [6.07, 6.45) is 0. The summed E-state index contributed by atoms with van der Waals surface area (Å²) < 4.78 is 5.32. The molecule has 0 fully saturated rings. The van der Waals surface area contributed by atoms with Crippen LogP contribution in [-0.2, 0) is 4.84 Å². The molecule has 0 saturated heterocycles. The van der Waals surface area contributed by atoms with Crippen molar-refractivity contribution in [2.24, 2.45) is 5.90 Å². The molecule has 1 aromatic rings. The predicted molar refractivity (Wildman–Crippen MR) is 56.6 cm³/mol. The lowest BCUT2D eigenvalue weighted by Crippen LogP contribution is -2.11. The first-order valence-electron chi connectivity index (χ1n) is 4.48. The van der Waals surface area contributed by atoms with Gasteiger partial charge in [0.25, 0.3) is 0 Å². The minimum atomic E-state index is 0.358. The van der Waals surface area contributed by atoms with Crippen LogP contribution in [0.15, 0.2) is 23.1 Å². The Kier molecular flexibility index (Phi) is 2.96. The first kappa shape index (κ1) is 9.83. The maximum atomic E-state index is 5.32. The summed E-state index contributed by atoms with van der Waals surface area (Å²) in [6.45, 7) is 0.556. The second-order valence-corrected chi connectivity index (χ2v) is 4.28. The van der Waals surface area contributed by atoms with Crippen LogP contribution >= 0.6 is 11.8 Å². The van der Waals surface area contributed by atoms with E-state index < -0.39 is 0 Å². The van der Waals surface area contributed by atoms with Crippen LogP contribution in [0.1, 0.15) is 11.5 Å².